The first-order valence-corrected chi connectivity index (χ1v) is 8.73. The summed E-state index contributed by atoms with van der Waals surface area (Å²) >= 11 is 0. The minimum atomic E-state index is -0.166. The number of hydrogen-bond donors (Lipinski definition) is 0. The Morgan fingerprint density at radius 3 is 2.20 bits per heavy atom. The largest absolute Gasteiger partial charge is 0.491 e. The van der Waals surface area contributed by atoms with Crippen molar-refractivity contribution in [3.63, 3.8) is 0 Å². The van der Waals surface area contributed by atoms with Crippen LogP contribution in [-0.4, -0.2) is 32.4 Å². The van der Waals surface area contributed by atoms with Gasteiger partial charge in [0.05, 0.1) is 19.1 Å². The number of esters is 1. The highest BCUT2D eigenvalue weighted by Gasteiger charge is 2.11. The van der Waals surface area contributed by atoms with Crippen LogP contribution in [0.15, 0.2) is 54.6 Å². The van der Waals surface area contributed by atoms with E-state index in [1.165, 1.54) is 5.56 Å². The second-order valence-electron chi connectivity index (χ2n) is 5.83. The minimum absolute atomic E-state index is 0.0535. The molecule has 0 N–H and O–H groups in total. The van der Waals surface area contributed by atoms with Gasteiger partial charge < -0.3 is 14.2 Å². The third-order valence-corrected chi connectivity index (χ3v) is 3.94. The van der Waals surface area contributed by atoms with E-state index in [0.29, 0.717) is 19.8 Å². The number of carbonyl (C=O) groups excluding carboxylic acids is 1. The number of hydrogen-bond acceptors (Lipinski definition) is 4. The van der Waals surface area contributed by atoms with Crippen LogP contribution in [0.2, 0.25) is 0 Å². The Balaban J connectivity index is 1.60. The smallest absolute Gasteiger partial charge is 0.308 e. The first kappa shape index (κ1) is 19.0. The first-order valence-electron chi connectivity index (χ1n) is 8.73. The van der Waals surface area contributed by atoms with Crippen molar-refractivity contribution in [1.29, 1.82) is 0 Å². The van der Waals surface area contributed by atoms with E-state index in [-0.39, 0.29) is 18.5 Å². The molecule has 4 nitrogen and oxygen atoms in total. The van der Waals surface area contributed by atoms with Gasteiger partial charge in [0, 0.05) is 0 Å². The van der Waals surface area contributed by atoms with Crippen LogP contribution in [0.1, 0.15) is 20.3 Å². The Morgan fingerprint density at radius 2 is 1.52 bits per heavy atom. The second-order valence-corrected chi connectivity index (χ2v) is 5.83. The molecule has 0 amide bonds. The predicted molar refractivity (Wildman–Crippen MR) is 98.6 cm³/mol. The summed E-state index contributed by atoms with van der Waals surface area (Å²) in [6.07, 6.45) is 0.788. The van der Waals surface area contributed by atoms with Gasteiger partial charge in [-0.15, -0.1) is 0 Å². The van der Waals surface area contributed by atoms with Crippen molar-refractivity contribution in [2.75, 3.05) is 26.4 Å². The molecule has 0 saturated carbocycles. The molecule has 2 aromatic rings. The maximum absolute atomic E-state index is 11.5. The zero-order chi connectivity index (χ0) is 17.9. The molecule has 1 atom stereocenters. The summed E-state index contributed by atoms with van der Waals surface area (Å²) in [5.41, 5.74) is 2.34. The van der Waals surface area contributed by atoms with E-state index < -0.39 is 0 Å². The van der Waals surface area contributed by atoms with E-state index >= 15 is 0 Å². The highest BCUT2D eigenvalue weighted by molar-refractivity contribution is 5.71. The first-order chi connectivity index (χ1) is 12.2. The molecule has 0 aliphatic carbocycles. The summed E-state index contributed by atoms with van der Waals surface area (Å²) in [4.78, 5) is 11.5. The Labute approximate surface area is 149 Å². The van der Waals surface area contributed by atoms with Crippen LogP contribution in [0.4, 0.5) is 0 Å². The molecule has 0 heterocycles. The van der Waals surface area contributed by atoms with Crippen LogP contribution in [0, 0.1) is 5.92 Å². The standard InChI is InChI=1S/C21H26O4/c1-3-17(2)21(22)25-16-14-23-13-15-24-20-11-9-19(10-12-20)18-7-5-4-6-8-18/h4-12,17H,3,13-16H2,1-2H3. The molecular formula is C21H26O4. The van der Waals surface area contributed by atoms with E-state index in [0.717, 1.165) is 17.7 Å². The van der Waals surface area contributed by atoms with Crippen molar-refractivity contribution in [2.45, 2.75) is 20.3 Å². The molecule has 0 aromatic heterocycles. The quantitative estimate of drug-likeness (QED) is 0.476. The molecule has 0 aliphatic rings. The van der Waals surface area contributed by atoms with Crippen LogP contribution >= 0.6 is 0 Å². The van der Waals surface area contributed by atoms with Crippen LogP contribution in [0.3, 0.4) is 0 Å². The van der Waals surface area contributed by atoms with Gasteiger partial charge in [-0.05, 0) is 29.7 Å². The number of carbonyl (C=O) groups is 1. The van der Waals surface area contributed by atoms with Gasteiger partial charge in [0.2, 0.25) is 0 Å². The summed E-state index contributed by atoms with van der Waals surface area (Å²) in [5.74, 6) is 0.592. The van der Waals surface area contributed by atoms with Gasteiger partial charge in [-0.2, -0.15) is 0 Å². The topological polar surface area (TPSA) is 44.8 Å². The van der Waals surface area contributed by atoms with Crippen LogP contribution in [0.25, 0.3) is 11.1 Å². The molecule has 0 spiro atoms. The third-order valence-electron chi connectivity index (χ3n) is 3.94. The number of benzene rings is 2. The lowest BCUT2D eigenvalue weighted by atomic mass is 10.1. The van der Waals surface area contributed by atoms with Crippen LogP contribution in [0.5, 0.6) is 5.75 Å². The Morgan fingerprint density at radius 1 is 0.880 bits per heavy atom. The fourth-order valence-corrected chi connectivity index (χ4v) is 2.20. The molecule has 0 aliphatic heterocycles. The van der Waals surface area contributed by atoms with Crippen molar-refractivity contribution < 1.29 is 19.0 Å². The molecule has 0 bridgehead atoms. The summed E-state index contributed by atoms with van der Waals surface area (Å²) < 4.78 is 16.2. The average Bonchev–Trinajstić information content (AvgIpc) is 2.67. The fraction of sp³-hybridized carbons (Fsp3) is 0.381. The van der Waals surface area contributed by atoms with Crippen molar-refractivity contribution in [1.82, 2.24) is 0 Å². The maximum atomic E-state index is 11.5. The van der Waals surface area contributed by atoms with Crippen molar-refractivity contribution in [2.24, 2.45) is 5.92 Å². The molecule has 4 heteroatoms. The fourth-order valence-electron chi connectivity index (χ4n) is 2.20. The molecule has 2 aromatic carbocycles. The van der Waals surface area contributed by atoms with Gasteiger partial charge in [-0.3, -0.25) is 4.79 Å². The van der Waals surface area contributed by atoms with Gasteiger partial charge >= 0.3 is 5.97 Å². The monoisotopic (exact) mass is 342 g/mol. The van der Waals surface area contributed by atoms with Crippen LogP contribution in [-0.2, 0) is 14.3 Å². The van der Waals surface area contributed by atoms with Gasteiger partial charge in [-0.25, -0.2) is 0 Å². The lowest BCUT2D eigenvalue weighted by Gasteiger charge is -2.10. The van der Waals surface area contributed by atoms with Gasteiger partial charge in [0.1, 0.15) is 19.0 Å². The average molecular weight is 342 g/mol. The van der Waals surface area contributed by atoms with Crippen molar-refractivity contribution in [3.8, 4) is 16.9 Å². The Hall–Kier alpha value is -2.33. The van der Waals surface area contributed by atoms with Gasteiger partial charge in [0.25, 0.3) is 0 Å². The predicted octanol–water partition coefficient (Wildman–Crippen LogP) is 4.34. The van der Waals surface area contributed by atoms with E-state index in [1.807, 2.05) is 56.3 Å². The summed E-state index contributed by atoms with van der Waals surface area (Å²) in [6.45, 7) is 5.42. The lowest BCUT2D eigenvalue weighted by molar-refractivity contribution is -0.149. The van der Waals surface area contributed by atoms with Crippen molar-refractivity contribution in [3.05, 3.63) is 54.6 Å². The zero-order valence-corrected chi connectivity index (χ0v) is 14.9. The van der Waals surface area contributed by atoms with Gasteiger partial charge in [0.15, 0.2) is 0 Å². The molecule has 25 heavy (non-hydrogen) atoms. The highest BCUT2D eigenvalue weighted by atomic mass is 16.6. The molecule has 1 unspecified atom stereocenters. The number of ether oxygens (including phenoxy) is 3. The Bertz CT molecular complexity index is 622. The van der Waals surface area contributed by atoms with Crippen molar-refractivity contribution >= 4 is 5.97 Å². The van der Waals surface area contributed by atoms with E-state index in [9.17, 15) is 4.79 Å². The second kappa shape index (κ2) is 10.5. The summed E-state index contributed by atoms with van der Waals surface area (Å²) in [7, 11) is 0. The zero-order valence-electron chi connectivity index (χ0n) is 14.9. The molecular weight excluding hydrogens is 316 g/mol. The number of rotatable bonds is 10. The van der Waals surface area contributed by atoms with E-state index in [1.54, 1.807) is 0 Å². The molecule has 2 rings (SSSR count). The summed E-state index contributed by atoms with van der Waals surface area (Å²) in [5, 5.41) is 0. The SMILES string of the molecule is CCC(C)C(=O)OCCOCCOc1ccc(-c2ccccc2)cc1. The van der Waals surface area contributed by atoms with E-state index in [4.69, 9.17) is 14.2 Å². The molecule has 0 radical (unpaired) electrons. The molecule has 134 valence electrons. The maximum Gasteiger partial charge on any atom is 0.308 e. The normalized spacial score (nSPS) is 11.8. The van der Waals surface area contributed by atoms with Crippen LogP contribution < -0.4 is 4.74 Å². The molecule has 0 fully saturated rings. The highest BCUT2D eigenvalue weighted by Crippen LogP contribution is 2.21. The van der Waals surface area contributed by atoms with Gasteiger partial charge in [-0.1, -0.05) is 56.3 Å². The summed E-state index contributed by atoms with van der Waals surface area (Å²) in [6, 6.07) is 18.2. The third kappa shape index (κ3) is 6.59. The Kier molecular flexibility index (Phi) is 7.99. The van der Waals surface area contributed by atoms with E-state index in [2.05, 4.69) is 12.1 Å². The lowest BCUT2D eigenvalue weighted by Crippen LogP contribution is -2.18. The molecule has 0 saturated heterocycles. The minimum Gasteiger partial charge on any atom is -0.491 e.